The van der Waals surface area contributed by atoms with Gasteiger partial charge in [-0.2, -0.15) is 0 Å². The highest BCUT2D eigenvalue weighted by Gasteiger charge is 2.12. The van der Waals surface area contributed by atoms with Crippen molar-refractivity contribution in [2.24, 2.45) is 0 Å². The van der Waals surface area contributed by atoms with E-state index in [1.807, 2.05) is 6.92 Å². The van der Waals surface area contributed by atoms with Crippen molar-refractivity contribution in [3.63, 3.8) is 0 Å². The van der Waals surface area contributed by atoms with Crippen molar-refractivity contribution in [2.45, 2.75) is 23.4 Å². The zero-order valence-corrected chi connectivity index (χ0v) is 10.4. The molecule has 0 spiro atoms. The van der Waals surface area contributed by atoms with Crippen LogP contribution in [0, 0.1) is 6.92 Å². The highest BCUT2D eigenvalue weighted by Crippen LogP contribution is 2.33. The second kappa shape index (κ2) is 4.75. The molecule has 0 aliphatic rings. The maximum atomic E-state index is 11.3. The van der Waals surface area contributed by atoms with Gasteiger partial charge in [0.25, 0.3) is 5.56 Å². The quantitative estimate of drug-likeness (QED) is 0.845. The second-order valence-electron chi connectivity index (χ2n) is 3.24. The Hall–Kier alpha value is -1.21. The third kappa shape index (κ3) is 2.67. The van der Waals surface area contributed by atoms with E-state index in [-0.39, 0.29) is 10.8 Å². The number of nitrogens with one attached hydrogen (secondary N) is 1. The summed E-state index contributed by atoms with van der Waals surface area (Å²) >= 11 is 3.01. The summed E-state index contributed by atoms with van der Waals surface area (Å²) < 4.78 is 0.872. The molecule has 7 heteroatoms. The van der Waals surface area contributed by atoms with Crippen LogP contribution in [0.4, 0.5) is 0 Å². The summed E-state index contributed by atoms with van der Waals surface area (Å²) in [4.78, 5) is 18.3. The third-order valence-corrected chi connectivity index (χ3v) is 3.81. The number of thioether (sulfide) groups is 1. The molecule has 1 N–H and O–H groups in total. The first kappa shape index (κ1) is 11.3. The van der Waals surface area contributed by atoms with Crippen molar-refractivity contribution in [3.05, 3.63) is 33.4 Å². The van der Waals surface area contributed by atoms with Gasteiger partial charge in [-0.25, -0.2) is 4.98 Å². The summed E-state index contributed by atoms with van der Waals surface area (Å²) in [5.74, 6) is 0.671. The first-order chi connectivity index (χ1) is 7.65. The number of aryl methyl sites for hydroxylation is 1. The maximum Gasteiger partial charge on any atom is 0.251 e. The van der Waals surface area contributed by atoms with Crippen LogP contribution in [-0.4, -0.2) is 20.2 Å². The molecule has 2 aromatic rings. The van der Waals surface area contributed by atoms with E-state index in [9.17, 15) is 4.79 Å². The number of nitrogens with zero attached hydrogens (tertiary/aromatic N) is 3. The molecule has 5 nitrogen and oxygen atoms in total. The number of aromatic nitrogens is 4. The highest BCUT2D eigenvalue weighted by atomic mass is 32.2. The molecule has 0 radical (unpaired) electrons. The fourth-order valence-electron chi connectivity index (χ4n) is 1.22. The minimum absolute atomic E-state index is 0.0561. The average Bonchev–Trinajstić information content (AvgIpc) is 2.68. The lowest BCUT2D eigenvalue weighted by molar-refractivity contribution is 0.879. The van der Waals surface area contributed by atoms with Crippen LogP contribution < -0.4 is 5.56 Å². The molecule has 0 aliphatic heterocycles. The van der Waals surface area contributed by atoms with Crippen LogP contribution in [0.25, 0.3) is 0 Å². The van der Waals surface area contributed by atoms with Crippen molar-refractivity contribution in [3.8, 4) is 0 Å². The van der Waals surface area contributed by atoms with Crippen molar-refractivity contribution in [1.82, 2.24) is 20.2 Å². The van der Waals surface area contributed by atoms with Crippen LogP contribution in [0.5, 0.6) is 0 Å². The van der Waals surface area contributed by atoms with Gasteiger partial charge < -0.3 is 4.98 Å². The molecular formula is C9H10N4OS2. The van der Waals surface area contributed by atoms with E-state index < -0.39 is 0 Å². The van der Waals surface area contributed by atoms with Crippen LogP contribution in [0.3, 0.4) is 0 Å². The molecule has 2 heterocycles. The zero-order valence-electron chi connectivity index (χ0n) is 8.80. The molecule has 0 saturated carbocycles. The Morgan fingerprint density at radius 1 is 1.56 bits per heavy atom. The van der Waals surface area contributed by atoms with E-state index in [4.69, 9.17) is 0 Å². The van der Waals surface area contributed by atoms with Crippen LogP contribution in [0.2, 0.25) is 0 Å². The fraction of sp³-hybridized carbons (Fsp3) is 0.333. The number of rotatable bonds is 3. The van der Waals surface area contributed by atoms with E-state index in [0.717, 1.165) is 10.0 Å². The number of aromatic amines is 1. The number of hydrogen-bond donors (Lipinski definition) is 1. The van der Waals surface area contributed by atoms with E-state index in [1.165, 1.54) is 29.2 Å². The first-order valence-corrected chi connectivity index (χ1v) is 6.42. The monoisotopic (exact) mass is 254 g/mol. The van der Waals surface area contributed by atoms with Gasteiger partial charge in [0.1, 0.15) is 11.3 Å². The average molecular weight is 254 g/mol. The molecule has 2 aromatic heterocycles. The summed E-state index contributed by atoms with van der Waals surface area (Å²) in [7, 11) is 0. The van der Waals surface area contributed by atoms with Crippen molar-refractivity contribution in [1.29, 1.82) is 0 Å². The lowest BCUT2D eigenvalue weighted by Crippen LogP contribution is -2.12. The smallest absolute Gasteiger partial charge is 0.251 e. The molecule has 0 unspecified atom stereocenters. The van der Waals surface area contributed by atoms with Gasteiger partial charge in [-0.05, 0) is 13.8 Å². The van der Waals surface area contributed by atoms with Gasteiger partial charge in [0.2, 0.25) is 0 Å². The normalized spacial score (nSPS) is 12.6. The highest BCUT2D eigenvalue weighted by molar-refractivity contribution is 8.01. The largest absolute Gasteiger partial charge is 0.310 e. The minimum Gasteiger partial charge on any atom is -0.310 e. The Balaban J connectivity index is 2.20. The summed E-state index contributed by atoms with van der Waals surface area (Å²) in [6.45, 7) is 3.78. The summed E-state index contributed by atoms with van der Waals surface area (Å²) in [6, 6.07) is 1.48. The Kier molecular flexibility index (Phi) is 3.35. The zero-order chi connectivity index (χ0) is 11.5. The maximum absolute atomic E-state index is 11.3. The molecule has 0 fully saturated rings. The van der Waals surface area contributed by atoms with Crippen LogP contribution in [0.1, 0.15) is 23.7 Å². The topological polar surface area (TPSA) is 71.5 Å². The van der Waals surface area contributed by atoms with Crippen molar-refractivity contribution in [2.75, 3.05) is 0 Å². The van der Waals surface area contributed by atoms with Crippen LogP contribution in [-0.2, 0) is 0 Å². The van der Waals surface area contributed by atoms with Crippen LogP contribution in [0.15, 0.2) is 20.7 Å². The predicted octanol–water partition coefficient (Wildman–Crippen LogP) is 1.78. The molecule has 16 heavy (non-hydrogen) atoms. The molecule has 0 bridgehead atoms. The Morgan fingerprint density at radius 3 is 3.00 bits per heavy atom. The summed E-state index contributed by atoms with van der Waals surface area (Å²) in [5.41, 5.74) is 2.29. The minimum atomic E-state index is -0.118. The SMILES string of the molecule is Cc1cc(=O)[nH]c([C@H](C)Sc2nncs2)n1. The second-order valence-corrected chi connectivity index (χ2v) is 5.66. The van der Waals surface area contributed by atoms with E-state index >= 15 is 0 Å². The number of H-pyrrole nitrogens is 1. The van der Waals surface area contributed by atoms with Crippen molar-refractivity contribution >= 4 is 23.1 Å². The van der Waals surface area contributed by atoms with Gasteiger partial charge in [-0.15, -0.1) is 10.2 Å². The standard InChI is InChI=1S/C9H10N4OS2/c1-5-3-7(14)12-8(11-5)6(2)16-9-13-10-4-15-9/h3-4,6H,1-2H3,(H,11,12,14)/t6-/m0/s1. The molecule has 2 rings (SSSR count). The number of hydrogen-bond acceptors (Lipinski definition) is 6. The van der Waals surface area contributed by atoms with Crippen molar-refractivity contribution < 1.29 is 0 Å². The Labute approximate surface area is 100 Å². The van der Waals surface area contributed by atoms with E-state index in [0.29, 0.717) is 5.82 Å². The molecule has 0 saturated heterocycles. The Morgan fingerprint density at radius 2 is 2.38 bits per heavy atom. The summed E-state index contributed by atoms with van der Waals surface area (Å²) in [5, 5.41) is 7.75. The van der Waals surface area contributed by atoms with Crippen LogP contribution >= 0.6 is 23.1 Å². The van der Waals surface area contributed by atoms with E-state index in [1.54, 1.807) is 12.4 Å². The first-order valence-electron chi connectivity index (χ1n) is 4.66. The molecule has 0 amide bonds. The van der Waals surface area contributed by atoms with Gasteiger partial charge >= 0.3 is 0 Å². The molecule has 0 aliphatic carbocycles. The molecule has 1 atom stereocenters. The lowest BCUT2D eigenvalue weighted by atomic mass is 10.4. The molecule has 84 valence electrons. The molecule has 0 aromatic carbocycles. The van der Waals surface area contributed by atoms with E-state index in [2.05, 4.69) is 20.2 Å². The third-order valence-electron chi connectivity index (χ3n) is 1.89. The predicted molar refractivity (Wildman–Crippen MR) is 63.8 cm³/mol. The lowest BCUT2D eigenvalue weighted by Gasteiger charge is -2.07. The van der Waals surface area contributed by atoms with Gasteiger partial charge in [0.05, 0.1) is 5.25 Å². The van der Waals surface area contributed by atoms with Gasteiger partial charge in [-0.3, -0.25) is 4.79 Å². The van der Waals surface area contributed by atoms with Gasteiger partial charge in [0, 0.05) is 11.8 Å². The van der Waals surface area contributed by atoms with Gasteiger partial charge in [0.15, 0.2) is 4.34 Å². The van der Waals surface area contributed by atoms with Gasteiger partial charge in [-0.1, -0.05) is 23.1 Å². The fourth-order valence-corrected chi connectivity index (χ4v) is 2.90. The Bertz CT molecular complexity index is 523. The molecular weight excluding hydrogens is 244 g/mol. The summed E-state index contributed by atoms with van der Waals surface area (Å²) in [6.07, 6.45) is 0.